The van der Waals surface area contributed by atoms with Crippen molar-refractivity contribution >= 4 is 39.3 Å². The number of aromatic nitrogens is 3. The van der Waals surface area contributed by atoms with Crippen molar-refractivity contribution in [3.63, 3.8) is 0 Å². The van der Waals surface area contributed by atoms with Crippen LogP contribution in [0, 0.1) is 0 Å². The van der Waals surface area contributed by atoms with E-state index in [0.29, 0.717) is 5.02 Å². The van der Waals surface area contributed by atoms with E-state index in [-0.39, 0.29) is 0 Å². The van der Waals surface area contributed by atoms with E-state index in [0.717, 1.165) is 38.2 Å². The van der Waals surface area contributed by atoms with Crippen LogP contribution in [0.4, 0.5) is 0 Å². The zero-order valence-corrected chi connectivity index (χ0v) is 18.7. The first-order chi connectivity index (χ1) is 14.1. The van der Waals surface area contributed by atoms with Crippen LogP contribution in [0.25, 0.3) is 17.1 Å². The second-order valence-corrected chi connectivity index (χ2v) is 8.56. The van der Waals surface area contributed by atoms with E-state index in [1.54, 1.807) is 18.9 Å². The van der Waals surface area contributed by atoms with Crippen molar-refractivity contribution < 1.29 is 4.74 Å². The summed E-state index contributed by atoms with van der Waals surface area (Å²) in [6, 6.07) is 23.8. The molecule has 0 spiro atoms. The van der Waals surface area contributed by atoms with Crippen molar-refractivity contribution in [3.8, 4) is 22.8 Å². The maximum absolute atomic E-state index is 6.09. The summed E-state index contributed by atoms with van der Waals surface area (Å²) in [4.78, 5) is 0. The van der Waals surface area contributed by atoms with Crippen molar-refractivity contribution in [3.05, 3.63) is 87.9 Å². The highest BCUT2D eigenvalue weighted by Crippen LogP contribution is 2.31. The summed E-state index contributed by atoms with van der Waals surface area (Å²) in [5.41, 5.74) is 3.14. The first-order valence-corrected chi connectivity index (χ1v) is 11.0. The van der Waals surface area contributed by atoms with Gasteiger partial charge in [-0.15, -0.1) is 10.2 Å². The molecule has 0 bridgehead atoms. The molecule has 0 aliphatic heterocycles. The summed E-state index contributed by atoms with van der Waals surface area (Å²) in [5.74, 6) is 2.37. The van der Waals surface area contributed by atoms with Gasteiger partial charge < -0.3 is 4.74 Å². The largest absolute Gasteiger partial charge is 0.497 e. The van der Waals surface area contributed by atoms with Gasteiger partial charge in [-0.25, -0.2) is 0 Å². The number of rotatable bonds is 6. The molecule has 1 heterocycles. The van der Waals surface area contributed by atoms with Crippen LogP contribution in [0.2, 0.25) is 5.02 Å². The summed E-state index contributed by atoms with van der Waals surface area (Å²) < 4.78 is 8.39. The van der Waals surface area contributed by atoms with E-state index in [1.807, 2.05) is 60.7 Å². The third-order valence-electron chi connectivity index (χ3n) is 4.35. The standard InChI is InChI=1S/C22H17BrClN3OS/c1-28-20-12-4-16(5-13-20)21-25-26-22(27(21)19-10-8-18(24)9-11-19)29-14-15-2-6-17(23)7-3-15/h2-13H,14H2,1H3. The number of hydrogen-bond acceptors (Lipinski definition) is 4. The second kappa shape index (κ2) is 9.03. The van der Waals surface area contributed by atoms with E-state index < -0.39 is 0 Å². The molecule has 0 unspecified atom stereocenters. The molecule has 7 heteroatoms. The topological polar surface area (TPSA) is 39.9 Å². The van der Waals surface area contributed by atoms with Crippen molar-refractivity contribution in [2.24, 2.45) is 0 Å². The quantitative estimate of drug-likeness (QED) is 0.286. The summed E-state index contributed by atoms with van der Waals surface area (Å²) in [5, 5.41) is 10.5. The van der Waals surface area contributed by atoms with Crippen LogP contribution in [-0.4, -0.2) is 21.9 Å². The SMILES string of the molecule is COc1ccc(-c2nnc(SCc3ccc(Br)cc3)n2-c2ccc(Cl)cc2)cc1. The Hall–Kier alpha value is -2.28. The minimum atomic E-state index is 0.692. The third kappa shape index (κ3) is 4.66. The van der Waals surface area contributed by atoms with Crippen molar-refractivity contribution in [1.29, 1.82) is 0 Å². The molecule has 29 heavy (non-hydrogen) atoms. The molecule has 0 aliphatic carbocycles. The van der Waals surface area contributed by atoms with E-state index in [1.165, 1.54) is 5.56 Å². The molecule has 0 atom stereocenters. The molecule has 0 fully saturated rings. The van der Waals surface area contributed by atoms with Gasteiger partial charge in [-0.3, -0.25) is 4.57 Å². The fraction of sp³-hybridized carbons (Fsp3) is 0.0909. The van der Waals surface area contributed by atoms with E-state index in [9.17, 15) is 0 Å². The summed E-state index contributed by atoms with van der Waals surface area (Å²) in [6.45, 7) is 0. The highest BCUT2D eigenvalue weighted by atomic mass is 79.9. The van der Waals surface area contributed by atoms with Gasteiger partial charge in [-0.05, 0) is 66.2 Å². The Kier molecular flexibility index (Phi) is 6.23. The van der Waals surface area contributed by atoms with Crippen molar-refractivity contribution in [2.45, 2.75) is 10.9 Å². The maximum atomic E-state index is 6.09. The lowest BCUT2D eigenvalue weighted by Gasteiger charge is -2.11. The number of ether oxygens (including phenoxy) is 1. The van der Waals surface area contributed by atoms with Crippen molar-refractivity contribution in [2.75, 3.05) is 7.11 Å². The Bertz CT molecular complexity index is 1100. The van der Waals surface area contributed by atoms with Crippen LogP contribution in [0.3, 0.4) is 0 Å². The Morgan fingerprint density at radius 3 is 2.28 bits per heavy atom. The monoisotopic (exact) mass is 485 g/mol. The van der Waals surface area contributed by atoms with E-state index in [2.05, 4.69) is 42.8 Å². The number of benzene rings is 3. The lowest BCUT2D eigenvalue weighted by molar-refractivity contribution is 0.415. The Labute approximate surface area is 187 Å². The van der Waals surface area contributed by atoms with Crippen LogP contribution >= 0.6 is 39.3 Å². The van der Waals surface area contributed by atoms with Gasteiger partial charge in [0.1, 0.15) is 5.75 Å². The fourth-order valence-electron chi connectivity index (χ4n) is 2.84. The van der Waals surface area contributed by atoms with Crippen LogP contribution in [0.1, 0.15) is 5.56 Å². The van der Waals surface area contributed by atoms with Gasteiger partial charge in [0.2, 0.25) is 0 Å². The lowest BCUT2D eigenvalue weighted by atomic mass is 10.2. The Morgan fingerprint density at radius 2 is 1.62 bits per heavy atom. The molecule has 146 valence electrons. The van der Waals surface area contributed by atoms with E-state index in [4.69, 9.17) is 16.3 Å². The molecular weight excluding hydrogens is 470 g/mol. The van der Waals surface area contributed by atoms with Crippen molar-refractivity contribution in [1.82, 2.24) is 14.8 Å². The smallest absolute Gasteiger partial charge is 0.196 e. The van der Waals surface area contributed by atoms with Crippen LogP contribution < -0.4 is 4.74 Å². The van der Waals surface area contributed by atoms with E-state index >= 15 is 0 Å². The number of hydrogen-bond donors (Lipinski definition) is 0. The first-order valence-electron chi connectivity index (χ1n) is 8.87. The van der Waals surface area contributed by atoms with Gasteiger partial charge in [0.25, 0.3) is 0 Å². The van der Waals surface area contributed by atoms with Gasteiger partial charge in [0, 0.05) is 26.5 Å². The molecule has 0 amide bonds. The molecule has 0 saturated heterocycles. The maximum Gasteiger partial charge on any atom is 0.196 e. The Balaban J connectivity index is 1.71. The first kappa shape index (κ1) is 20.0. The molecule has 4 aromatic rings. The lowest BCUT2D eigenvalue weighted by Crippen LogP contribution is -1.99. The molecule has 4 rings (SSSR count). The number of nitrogens with zero attached hydrogens (tertiary/aromatic N) is 3. The summed E-state index contributed by atoms with van der Waals surface area (Å²) >= 11 is 11.2. The molecule has 3 aromatic carbocycles. The molecule has 0 radical (unpaired) electrons. The molecule has 0 saturated carbocycles. The van der Waals surface area contributed by atoms with Crippen LogP contribution in [0.5, 0.6) is 5.75 Å². The van der Waals surface area contributed by atoms with Gasteiger partial charge in [0.15, 0.2) is 11.0 Å². The van der Waals surface area contributed by atoms with Gasteiger partial charge in [0.05, 0.1) is 7.11 Å². The number of halogens is 2. The third-order valence-corrected chi connectivity index (χ3v) is 6.13. The molecule has 4 nitrogen and oxygen atoms in total. The Morgan fingerprint density at radius 1 is 0.931 bits per heavy atom. The zero-order chi connectivity index (χ0) is 20.2. The fourth-order valence-corrected chi connectivity index (χ4v) is 4.14. The van der Waals surface area contributed by atoms with Gasteiger partial charge in [-0.1, -0.05) is 51.4 Å². The predicted molar refractivity (Wildman–Crippen MR) is 122 cm³/mol. The minimum Gasteiger partial charge on any atom is -0.497 e. The zero-order valence-electron chi connectivity index (χ0n) is 15.5. The van der Waals surface area contributed by atoms with Crippen LogP contribution in [0.15, 0.2) is 82.4 Å². The second-order valence-electron chi connectivity index (χ2n) is 6.26. The average Bonchev–Trinajstić information content (AvgIpc) is 3.18. The highest BCUT2D eigenvalue weighted by Gasteiger charge is 2.16. The van der Waals surface area contributed by atoms with Crippen LogP contribution in [-0.2, 0) is 5.75 Å². The number of thioether (sulfide) groups is 1. The normalized spacial score (nSPS) is 10.9. The predicted octanol–water partition coefficient (Wildman–Crippen LogP) is 6.65. The summed E-state index contributed by atoms with van der Waals surface area (Å²) in [7, 11) is 1.65. The van der Waals surface area contributed by atoms with Gasteiger partial charge >= 0.3 is 0 Å². The molecule has 0 N–H and O–H groups in total. The number of methoxy groups -OCH3 is 1. The highest BCUT2D eigenvalue weighted by molar-refractivity contribution is 9.10. The van der Waals surface area contributed by atoms with Gasteiger partial charge in [-0.2, -0.15) is 0 Å². The molecule has 0 aliphatic rings. The molecular formula is C22H17BrClN3OS. The average molecular weight is 487 g/mol. The minimum absolute atomic E-state index is 0.692. The summed E-state index contributed by atoms with van der Waals surface area (Å²) in [6.07, 6.45) is 0. The molecule has 1 aromatic heterocycles.